The average molecular weight is 429 g/mol. The summed E-state index contributed by atoms with van der Waals surface area (Å²) in [5, 5.41) is 14.8. The standard InChI is InChI=1S/C24H23N5O3/c30-24-27(16-17-10-12-19(13-11-17)26-18-5-1-2-6-18)22-9-4-14-25-23(22)28(24)20-7-3-8-21(15-20)29(31)32/h3-4,7-15,18,26H,1-2,5-6,16H2. The number of benzene rings is 2. The Morgan fingerprint density at radius 2 is 1.84 bits per heavy atom. The van der Waals surface area contributed by atoms with E-state index in [4.69, 9.17) is 0 Å². The van der Waals surface area contributed by atoms with E-state index >= 15 is 0 Å². The molecule has 5 rings (SSSR count). The lowest BCUT2D eigenvalue weighted by atomic mass is 10.1. The van der Waals surface area contributed by atoms with E-state index in [9.17, 15) is 14.9 Å². The Labute approximate surface area is 184 Å². The molecule has 2 aromatic carbocycles. The first-order chi connectivity index (χ1) is 15.6. The van der Waals surface area contributed by atoms with Crippen LogP contribution >= 0.6 is 0 Å². The second-order valence-electron chi connectivity index (χ2n) is 8.15. The first-order valence-electron chi connectivity index (χ1n) is 10.8. The SMILES string of the molecule is O=c1n(Cc2ccc(NC3CCCC3)cc2)c2cccnc2n1-c1cccc([N+](=O)[O-])c1. The summed E-state index contributed by atoms with van der Waals surface area (Å²) < 4.78 is 3.08. The predicted octanol–water partition coefficient (Wildman–Crippen LogP) is 4.50. The Morgan fingerprint density at radius 3 is 2.59 bits per heavy atom. The third-order valence-electron chi connectivity index (χ3n) is 6.01. The number of fused-ring (bicyclic) bond motifs is 1. The van der Waals surface area contributed by atoms with Crippen molar-refractivity contribution in [1.29, 1.82) is 0 Å². The number of hydrogen-bond donors (Lipinski definition) is 1. The van der Waals surface area contributed by atoms with E-state index < -0.39 is 4.92 Å². The van der Waals surface area contributed by atoms with Gasteiger partial charge in [0.2, 0.25) is 0 Å². The van der Waals surface area contributed by atoms with E-state index in [0.717, 1.165) is 11.3 Å². The van der Waals surface area contributed by atoms with Crippen LogP contribution in [0.5, 0.6) is 0 Å². The highest BCUT2D eigenvalue weighted by molar-refractivity contribution is 5.74. The van der Waals surface area contributed by atoms with Crippen LogP contribution in [-0.2, 0) is 6.54 Å². The molecule has 162 valence electrons. The lowest BCUT2D eigenvalue weighted by molar-refractivity contribution is -0.384. The fraction of sp³-hybridized carbons (Fsp3) is 0.250. The molecule has 0 radical (unpaired) electrons. The Hall–Kier alpha value is -3.94. The first-order valence-corrected chi connectivity index (χ1v) is 10.8. The number of anilines is 1. The van der Waals surface area contributed by atoms with Crippen molar-refractivity contribution in [2.45, 2.75) is 38.3 Å². The summed E-state index contributed by atoms with van der Waals surface area (Å²) >= 11 is 0. The maximum atomic E-state index is 13.4. The minimum absolute atomic E-state index is 0.0726. The molecule has 32 heavy (non-hydrogen) atoms. The normalized spacial score (nSPS) is 14.1. The first kappa shape index (κ1) is 20.0. The van der Waals surface area contributed by atoms with Gasteiger partial charge in [0.1, 0.15) is 0 Å². The molecule has 1 N–H and O–H groups in total. The monoisotopic (exact) mass is 429 g/mol. The Kier molecular flexibility index (Phi) is 5.18. The maximum Gasteiger partial charge on any atom is 0.335 e. The van der Waals surface area contributed by atoms with Gasteiger partial charge in [0.05, 0.1) is 22.7 Å². The average Bonchev–Trinajstić information content (AvgIpc) is 3.41. The minimum Gasteiger partial charge on any atom is -0.382 e. The molecule has 1 aliphatic carbocycles. The number of rotatable bonds is 6. The molecular formula is C24H23N5O3. The molecule has 0 bridgehead atoms. The zero-order valence-electron chi connectivity index (χ0n) is 17.5. The van der Waals surface area contributed by atoms with Crippen molar-refractivity contribution < 1.29 is 4.92 Å². The van der Waals surface area contributed by atoms with E-state index in [2.05, 4.69) is 22.4 Å². The van der Waals surface area contributed by atoms with Crippen LogP contribution in [0.2, 0.25) is 0 Å². The van der Waals surface area contributed by atoms with E-state index in [1.165, 1.54) is 42.4 Å². The van der Waals surface area contributed by atoms with Gasteiger partial charge >= 0.3 is 5.69 Å². The van der Waals surface area contributed by atoms with Gasteiger partial charge in [0.15, 0.2) is 5.65 Å². The molecule has 0 spiro atoms. The number of nitro benzene ring substituents is 1. The van der Waals surface area contributed by atoms with Crippen LogP contribution in [0.15, 0.2) is 71.7 Å². The highest BCUT2D eigenvalue weighted by Gasteiger charge is 2.18. The Bertz CT molecular complexity index is 1330. The van der Waals surface area contributed by atoms with Gasteiger partial charge in [-0.15, -0.1) is 0 Å². The molecule has 0 unspecified atom stereocenters. The molecule has 1 saturated carbocycles. The fourth-order valence-electron chi connectivity index (χ4n) is 4.41. The summed E-state index contributed by atoms with van der Waals surface area (Å²) in [6.07, 6.45) is 6.59. The van der Waals surface area contributed by atoms with Crippen molar-refractivity contribution in [2.24, 2.45) is 0 Å². The van der Waals surface area contributed by atoms with Gasteiger partial charge in [-0.25, -0.2) is 14.3 Å². The summed E-state index contributed by atoms with van der Waals surface area (Å²) in [6.45, 7) is 0.382. The predicted molar refractivity (Wildman–Crippen MR) is 123 cm³/mol. The lowest BCUT2D eigenvalue weighted by Crippen LogP contribution is -2.24. The second kappa shape index (κ2) is 8.30. The van der Waals surface area contributed by atoms with Gasteiger partial charge in [0.25, 0.3) is 5.69 Å². The van der Waals surface area contributed by atoms with E-state index in [-0.39, 0.29) is 11.4 Å². The third-order valence-corrected chi connectivity index (χ3v) is 6.01. The Balaban J connectivity index is 1.50. The molecule has 8 nitrogen and oxygen atoms in total. The zero-order chi connectivity index (χ0) is 22.1. The summed E-state index contributed by atoms with van der Waals surface area (Å²) in [4.78, 5) is 28.5. The van der Waals surface area contributed by atoms with Gasteiger partial charge in [-0.1, -0.05) is 31.0 Å². The van der Waals surface area contributed by atoms with Crippen LogP contribution in [0.25, 0.3) is 16.9 Å². The summed E-state index contributed by atoms with van der Waals surface area (Å²) in [5.41, 5.74) is 3.29. The number of pyridine rings is 1. The number of aromatic nitrogens is 3. The van der Waals surface area contributed by atoms with Crippen molar-refractivity contribution in [3.05, 3.63) is 93.0 Å². The van der Waals surface area contributed by atoms with Crippen LogP contribution in [-0.4, -0.2) is 25.1 Å². The van der Waals surface area contributed by atoms with E-state index in [1.54, 1.807) is 29.0 Å². The zero-order valence-corrected chi connectivity index (χ0v) is 17.5. The maximum absolute atomic E-state index is 13.4. The highest BCUT2D eigenvalue weighted by atomic mass is 16.6. The molecule has 2 aromatic heterocycles. The van der Waals surface area contributed by atoms with Crippen molar-refractivity contribution in [1.82, 2.24) is 14.1 Å². The largest absolute Gasteiger partial charge is 0.382 e. The molecule has 4 aromatic rings. The lowest BCUT2D eigenvalue weighted by Gasteiger charge is -2.14. The smallest absolute Gasteiger partial charge is 0.335 e. The number of nitrogens with zero attached hydrogens (tertiary/aromatic N) is 4. The molecule has 8 heteroatoms. The third kappa shape index (κ3) is 3.75. The molecule has 0 amide bonds. The topological polar surface area (TPSA) is 95.0 Å². The number of nitro groups is 1. The quantitative estimate of drug-likeness (QED) is 0.360. The molecule has 0 aliphatic heterocycles. The van der Waals surface area contributed by atoms with Crippen molar-refractivity contribution in [2.75, 3.05) is 5.32 Å². The summed E-state index contributed by atoms with van der Waals surface area (Å²) in [5.74, 6) is 0. The molecule has 2 heterocycles. The number of hydrogen-bond acceptors (Lipinski definition) is 5. The van der Waals surface area contributed by atoms with Crippen LogP contribution in [0.1, 0.15) is 31.2 Å². The number of non-ortho nitro benzene ring substituents is 1. The van der Waals surface area contributed by atoms with Crippen molar-refractivity contribution in [3.8, 4) is 5.69 Å². The molecule has 1 aliphatic rings. The molecule has 1 fully saturated rings. The minimum atomic E-state index is -0.470. The highest BCUT2D eigenvalue weighted by Crippen LogP contribution is 2.23. The van der Waals surface area contributed by atoms with E-state index in [1.807, 2.05) is 18.2 Å². The second-order valence-corrected chi connectivity index (χ2v) is 8.15. The summed E-state index contributed by atoms with van der Waals surface area (Å²) in [7, 11) is 0. The number of imidazole rings is 1. The van der Waals surface area contributed by atoms with Gasteiger partial charge in [-0.2, -0.15) is 0 Å². The molecule has 0 atom stereocenters. The molecular weight excluding hydrogens is 406 g/mol. The van der Waals surface area contributed by atoms with Gasteiger partial charge in [0, 0.05) is 30.1 Å². The molecule has 0 saturated heterocycles. The van der Waals surface area contributed by atoms with Gasteiger partial charge in [-0.3, -0.25) is 14.7 Å². The van der Waals surface area contributed by atoms with Crippen LogP contribution in [0, 0.1) is 10.1 Å². The summed E-state index contributed by atoms with van der Waals surface area (Å²) in [6, 6.07) is 18.4. The van der Waals surface area contributed by atoms with Crippen LogP contribution < -0.4 is 11.0 Å². The van der Waals surface area contributed by atoms with Gasteiger partial charge < -0.3 is 5.32 Å². The number of nitrogens with one attached hydrogen (secondary N) is 1. The van der Waals surface area contributed by atoms with Crippen molar-refractivity contribution >= 4 is 22.5 Å². The van der Waals surface area contributed by atoms with Crippen LogP contribution in [0.4, 0.5) is 11.4 Å². The van der Waals surface area contributed by atoms with Gasteiger partial charge in [-0.05, 0) is 48.7 Å². The van der Waals surface area contributed by atoms with Crippen molar-refractivity contribution in [3.63, 3.8) is 0 Å². The van der Waals surface area contributed by atoms with E-state index in [0.29, 0.717) is 29.4 Å². The van der Waals surface area contributed by atoms with Crippen LogP contribution in [0.3, 0.4) is 0 Å². The Morgan fingerprint density at radius 1 is 1.06 bits per heavy atom. The fourth-order valence-corrected chi connectivity index (χ4v) is 4.41.